The normalized spacial score (nSPS) is 15.8. The van der Waals surface area contributed by atoms with Crippen molar-refractivity contribution in [2.45, 2.75) is 40.2 Å². The van der Waals surface area contributed by atoms with E-state index in [9.17, 15) is 5.11 Å². The van der Waals surface area contributed by atoms with Crippen molar-refractivity contribution < 1.29 is 5.11 Å². The second kappa shape index (κ2) is 4.20. The zero-order chi connectivity index (χ0) is 10.0. The van der Waals surface area contributed by atoms with Crippen molar-refractivity contribution in [1.29, 1.82) is 0 Å². The molecule has 74 valence electrons. The van der Waals surface area contributed by atoms with E-state index in [1.54, 1.807) is 11.3 Å². The van der Waals surface area contributed by atoms with Gasteiger partial charge in [-0.1, -0.05) is 20.3 Å². The molecule has 0 aliphatic carbocycles. The van der Waals surface area contributed by atoms with Crippen LogP contribution in [0.3, 0.4) is 0 Å². The van der Waals surface area contributed by atoms with Crippen molar-refractivity contribution in [3.8, 4) is 0 Å². The van der Waals surface area contributed by atoms with Gasteiger partial charge in [0.15, 0.2) is 0 Å². The first-order valence-corrected chi connectivity index (χ1v) is 5.49. The summed E-state index contributed by atoms with van der Waals surface area (Å²) in [5.41, 5.74) is 0.982. The molecule has 1 heterocycles. The largest absolute Gasteiger partial charge is 0.387 e. The average Bonchev–Trinajstić information content (AvgIpc) is 2.42. The summed E-state index contributed by atoms with van der Waals surface area (Å²) >= 11 is 1.61. The van der Waals surface area contributed by atoms with Gasteiger partial charge >= 0.3 is 0 Å². The number of aliphatic hydroxyl groups excluding tert-OH is 1. The zero-order valence-corrected chi connectivity index (χ0v) is 9.48. The minimum absolute atomic E-state index is 0.318. The standard InChI is InChI=1S/C10H17NOS/c1-5-6(2)9(12)10-7(3)11-8(4)13-10/h6,9,12H,5H2,1-4H3. The van der Waals surface area contributed by atoms with Crippen LogP contribution in [-0.4, -0.2) is 10.1 Å². The van der Waals surface area contributed by atoms with Crippen LogP contribution in [0.1, 0.15) is 42.0 Å². The Balaban J connectivity index is 2.87. The molecule has 0 amide bonds. The Hall–Kier alpha value is -0.410. The van der Waals surface area contributed by atoms with Gasteiger partial charge in [0.05, 0.1) is 21.7 Å². The highest BCUT2D eigenvalue weighted by atomic mass is 32.1. The molecule has 0 spiro atoms. The van der Waals surface area contributed by atoms with Crippen molar-refractivity contribution in [3.05, 3.63) is 15.6 Å². The van der Waals surface area contributed by atoms with E-state index in [1.165, 1.54) is 0 Å². The quantitative estimate of drug-likeness (QED) is 0.812. The van der Waals surface area contributed by atoms with Gasteiger partial charge in [0.2, 0.25) is 0 Å². The van der Waals surface area contributed by atoms with Gasteiger partial charge in [0.1, 0.15) is 0 Å². The molecule has 0 fully saturated rings. The Labute approximate surface area is 83.6 Å². The van der Waals surface area contributed by atoms with Gasteiger partial charge in [-0.3, -0.25) is 0 Å². The van der Waals surface area contributed by atoms with Crippen molar-refractivity contribution in [1.82, 2.24) is 4.98 Å². The molecule has 0 bridgehead atoms. The maximum Gasteiger partial charge on any atom is 0.0926 e. The van der Waals surface area contributed by atoms with Gasteiger partial charge in [0.25, 0.3) is 0 Å². The van der Waals surface area contributed by atoms with E-state index in [0.717, 1.165) is 22.0 Å². The molecule has 0 saturated heterocycles. The minimum atomic E-state index is -0.337. The minimum Gasteiger partial charge on any atom is -0.387 e. The Kier molecular flexibility index (Phi) is 3.45. The summed E-state index contributed by atoms with van der Waals surface area (Å²) in [6, 6.07) is 0. The van der Waals surface area contributed by atoms with Gasteiger partial charge in [-0.15, -0.1) is 11.3 Å². The Morgan fingerprint density at radius 1 is 1.46 bits per heavy atom. The van der Waals surface area contributed by atoms with Gasteiger partial charge in [-0.25, -0.2) is 4.98 Å². The number of aliphatic hydroxyl groups is 1. The highest BCUT2D eigenvalue weighted by Gasteiger charge is 2.19. The molecule has 2 atom stereocenters. The predicted molar refractivity (Wildman–Crippen MR) is 56.0 cm³/mol. The first-order chi connectivity index (χ1) is 6.06. The molecule has 0 saturated carbocycles. The lowest BCUT2D eigenvalue weighted by Crippen LogP contribution is -2.07. The molecule has 3 heteroatoms. The number of nitrogens with zero attached hydrogens (tertiary/aromatic N) is 1. The molecule has 1 N–H and O–H groups in total. The van der Waals surface area contributed by atoms with E-state index in [0.29, 0.717) is 5.92 Å². The summed E-state index contributed by atoms with van der Waals surface area (Å²) in [6.07, 6.45) is 0.661. The van der Waals surface area contributed by atoms with Gasteiger partial charge in [-0.2, -0.15) is 0 Å². The van der Waals surface area contributed by atoms with Crippen LogP contribution in [0.4, 0.5) is 0 Å². The number of aromatic nitrogens is 1. The Bertz CT molecular complexity index is 282. The summed E-state index contributed by atoms with van der Waals surface area (Å²) in [4.78, 5) is 5.34. The van der Waals surface area contributed by atoms with Gasteiger partial charge < -0.3 is 5.11 Å². The molecule has 13 heavy (non-hydrogen) atoms. The summed E-state index contributed by atoms with van der Waals surface area (Å²) in [5, 5.41) is 11.0. The molecule has 1 aromatic heterocycles. The van der Waals surface area contributed by atoms with E-state index in [-0.39, 0.29) is 6.10 Å². The molecule has 1 aromatic rings. The maximum absolute atomic E-state index is 9.95. The van der Waals surface area contributed by atoms with Crippen LogP contribution < -0.4 is 0 Å². The smallest absolute Gasteiger partial charge is 0.0926 e. The number of hydrogen-bond acceptors (Lipinski definition) is 3. The molecule has 0 aliphatic heterocycles. The SMILES string of the molecule is CCC(C)C(O)c1sc(C)nc1C. The maximum atomic E-state index is 9.95. The summed E-state index contributed by atoms with van der Waals surface area (Å²) in [6.45, 7) is 8.10. The third-order valence-corrected chi connectivity index (χ3v) is 3.53. The highest BCUT2D eigenvalue weighted by Crippen LogP contribution is 2.30. The van der Waals surface area contributed by atoms with Crippen LogP contribution in [0.15, 0.2) is 0 Å². The molecule has 2 unspecified atom stereocenters. The molecule has 1 rings (SSSR count). The van der Waals surface area contributed by atoms with Crippen molar-refractivity contribution >= 4 is 11.3 Å². The molecule has 0 aromatic carbocycles. The summed E-state index contributed by atoms with van der Waals surface area (Å²) in [7, 11) is 0. The molecule has 2 nitrogen and oxygen atoms in total. The van der Waals surface area contributed by atoms with Gasteiger partial charge in [-0.05, 0) is 19.8 Å². The average molecular weight is 199 g/mol. The highest BCUT2D eigenvalue weighted by molar-refractivity contribution is 7.11. The second-order valence-corrected chi connectivity index (χ2v) is 4.75. The van der Waals surface area contributed by atoms with E-state index in [2.05, 4.69) is 18.8 Å². The van der Waals surface area contributed by atoms with Crippen LogP contribution in [0.2, 0.25) is 0 Å². The first-order valence-electron chi connectivity index (χ1n) is 4.68. The number of aryl methyl sites for hydroxylation is 2. The topological polar surface area (TPSA) is 33.1 Å². The summed E-state index contributed by atoms with van der Waals surface area (Å²) < 4.78 is 0. The number of rotatable bonds is 3. The van der Waals surface area contributed by atoms with Crippen LogP contribution >= 0.6 is 11.3 Å². The van der Waals surface area contributed by atoms with E-state index < -0.39 is 0 Å². The predicted octanol–water partition coefficient (Wildman–Crippen LogP) is 2.84. The Morgan fingerprint density at radius 2 is 2.08 bits per heavy atom. The Morgan fingerprint density at radius 3 is 2.46 bits per heavy atom. The number of thiazole rings is 1. The fraction of sp³-hybridized carbons (Fsp3) is 0.700. The molecular weight excluding hydrogens is 182 g/mol. The molecule has 0 aliphatic rings. The van der Waals surface area contributed by atoms with Crippen molar-refractivity contribution in [3.63, 3.8) is 0 Å². The lowest BCUT2D eigenvalue weighted by atomic mass is 10.0. The van der Waals surface area contributed by atoms with E-state index in [4.69, 9.17) is 0 Å². The summed E-state index contributed by atoms with van der Waals surface area (Å²) in [5.74, 6) is 0.318. The van der Waals surface area contributed by atoms with E-state index >= 15 is 0 Å². The van der Waals surface area contributed by atoms with Crippen LogP contribution in [0.25, 0.3) is 0 Å². The fourth-order valence-corrected chi connectivity index (χ4v) is 2.35. The van der Waals surface area contributed by atoms with Crippen molar-refractivity contribution in [2.75, 3.05) is 0 Å². The lowest BCUT2D eigenvalue weighted by Gasteiger charge is -2.15. The van der Waals surface area contributed by atoms with Crippen LogP contribution in [-0.2, 0) is 0 Å². The van der Waals surface area contributed by atoms with Gasteiger partial charge in [0, 0.05) is 0 Å². The van der Waals surface area contributed by atoms with Crippen molar-refractivity contribution in [2.24, 2.45) is 5.92 Å². The third-order valence-electron chi connectivity index (χ3n) is 2.39. The molecule has 0 radical (unpaired) electrons. The number of hydrogen-bond donors (Lipinski definition) is 1. The van der Waals surface area contributed by atoms with E-state index in [1.807, 2.05) is 13.8 Å². The fourth-order valence-electron chi connectivity index (χ4n) is 1.30. The van der Waals surface area contributed by atoms with Crippen LogP contribution in [0, 0.1) is 19.8 Å². The lowest BCUT2D eigenvalue weighted by molar-refractivity contribution is 0.118. The monoisotopic (exact) mass is 199 g/mol. The van der Waals surface area contributed by atoms with Crippen LogP contribution in [0.5, 0.6) is 0 Å². The first kappa shape index (κ1) is 10.7. The molecular formula is C10H17NOS. The zero-order valence-electron chi connectivity index (χ0n) is 8.66. The third kappa shape index (κ3) is 2.29. The second-order valence-electron chi connectivity index (χ2n) is 3.51.